The molecule has 1 aliphatic rings. The van der Waals surface area contributed by atoms with Crippen LogP contribution in [0.5, 0.6) is 5.75 Å². The van der Waals surface area contributed by atoms with Crippen molar-refractivity contribution >= 4 is 50.1 Å². The molecular weight excluding hydrogens is 540 g/mol. The Morgan fingerprint density at radius 2 is 1.94 bits per heavy atom. The number of methoxy groups -OCH3 is 1. The fourth-order valence-electron chi connectivity index (χ4n) is 4.48. The molecule has 0 amide bonds. The van der Waals surface area contributed by atoms with E-state index in [0.717, 1.165) is 26.4 Å². The molecule has 0 spiro atoms. The highest BCUT2D eigenvalue weighted by atomic mass is 79.9. The van der Waals surface area contributed by atoms with Gasteiger partial charge in [-0.3, -0.25) is 9.36 Å². The monoisotopic (exact) mass is 562 g/mol. The van der Waals surface area contributed by atoms with Crippen molar-refractivity contribution in [2.45, 2.75) is 19.9 Å². The van der Waals surface area contributed by atoms with E-state index in [2.05, 4.69) is 20.9 Å². The van der Waals surface area contributed by atoms with E-state index in [1.54, 1.807) is 25.5 Å². The molecule has 36 heavy (non-hydrogen) atoms. The van der Waals surface area contributed by atoms with Crippen LogP contribution in [0.1, 0.15) is 31.0 Å². The molecule has 1 atom stereocenters. The van der Waals surface area contributed by atoms with Crippen molar-refractivity contribution in [3.63, 3.8) is 0 Å². The van der Waals surface area contributed by atoms with Gasteiger partial charge in [0, 0.05) is 0 Å². The van der Waals surface area contributed by atoms with Gasteiger partial charge in [0.25, 0.3) is 5.56 Å². The summed E-state index contributed by atoms with van der Waals surface area (Å²) in [6.07, 6.45) is 1.90. The third-order valence-electron chi connectivity index (χ3n) is 6.12. The number of benzene rings is 3. The average molecular weight is 563 g/mol. The average Bonchev–Trinajstić information content (AvgIpc) is 3.17. The molecular formula is C28H23BrN2O4S. The summed E-state index contributed by atoms with van der Waals surface area (Å²) in [5.41, 5.74) is 2.36. The number of thiazole rings is 1. The van der Waals surface area contributed by atoms with E-state index in [0.29, 0.717) is 26.4 Å². The minimum Gasteiger partial charge on any atom is -0.496 e. The summed E-state index contributed by atoms with van der Waals surface area (Å²) in [7, 11) is 1.59. The molecule has 6 nitrogen and oxygen atoms in total. The van der Waals surface area contributed by atoms with Crippen LogP contribution in [0.15, 0.2) is 86.2 Å². The first-order valence-corrected chi connectivity index (χ1v) is 13.0. The van der Waals surface area contributed by atoms with Gasteiger partial charge in [-0.1, -0.05) is 59.9 Å². The van der Waals surface area contributed by atoms with Crippen LogP contribution in [-0.2, 0) is 9.53 Å². The molecule has 0 saturated carbocycles. The largest absolute Gasteiger partial charge is 0.496 e. The molecule has 1 aromatic heterocycles. The Morgan fingerprint density at radius 3 is 2.69 bits per heavy atom. The number of hydrogen-bond donors (Lipinski definition) is 0. The summed E-state index contributed by atoms with van der Waals surface area (Å²) < 4.78 is 13.6. The third-order valence-corrected chi connectivity index (χ3v) is 7.72. The molecule has 3 aromatic carbocycles. The Kier molecular flexibility index (Phi) is 6.64. The lowest BCUT2D eigenvalue weighted by Crippen LogP contribution is -2.40. The van der Waals surface area contributed by atoms with Crippen molar-refractivity contribution in [2.24, 2.45) is 4.99 Å². The van der Waals surface area contributed by atoms with Crippen LogP contribution in [0.25, 0.3) is 16.8 Å². The molecule has 0 N–H and O–H groups in total. The number of halogens is 1. The number of nitrogens with zero attached hydrogens (tertiary/aromatic N) is 2. The summed E-state index contributed by atoms with van der Waals surface area (Å²) >= 11 is 4.85. The van der Waals surface area contributed by atoms with Crippen molar-refractivity contribution in [2.75, 3.05) is 13.7 Å². The zero-order valence-electron chi connectivity index (χ0n) is 19.9. The van der Waals surface area contributed by atoms with Crippen LogP contribution >= 0.6 is 27.3 Å². The molecule has 2 heterocycles. The Balaban J connectivity index is 1.75. The van der Waals surface area contributed by atoms with E-state index in [1.165, 1.54) is 11.3 Å². The van der Waals surface area contributed by atoms with Gasteiger partial charge in [-0.25, -0.2) is 9.79 Å². The van der Waals surface area contributed by atoms with Crippen LogP contribution in [-0.4, -0.2) is 24.3 Å². The molecule has 182 valence electrons. The van der Waals surface area contributed by atoms with Crippen molar-refractivity contribution in [1.82, 2.24) is 4.57 Å². The maximum Gasteiger partial charge on any atom is 0.338 e. The summed E-state index contributed by atoms with van der Waals surface area (Å²) in [5, 5.41) is 2.16. The molecule has 8 heteroatoms. The second-order valence-corrected chi connectivity index (χ2v) is 10.1. The van der Waals surface area contributed by atoms with Gasteiger partial charge < -0.3 is 9.47 Å². The summed E-state index contributed by atoms with van der Waals surface area (Å²) in [6.45, 7) is 3.76. The van der Waals surface area contributed by atoms with Gasteiger partial charge in [-0.15, -0.1) is 0 Å². The molecule has 0 fully saturated rings. The molecule has 0 bridgehead atoms. The third kappa shape index (κ3) is 4.20. The van der Waals surface area contributed by atoms with Crippen molar-refractivity contribution in [1.29, 1.82) is 0 Å². The second-order valence-electron chi connectivity index (χ2n) is 8.26. The number of aromatic nitrogens is 1. The van der Waals surface area contributed by atoms with Gasteiger partial charge >= 0.3 is 5.97 Å². The molecule has 4 aromatic rings. The van der Waals surface area contributed by atoms with E-state index in [9.17, 15) is 9.59 Å². The maximum atomic E-state index is 13.8. The number of allylic oxidation sites excluding steroid dienone is 1. The molecule has 0 radical (unpaired) electrons. The second kappa shape index (κ2) is 9.87. The van der Waals surface area contributed by atoms with Crippen molar-refractivity contribution in [3.05, 3.63) is 107 Å². The summed E-state index contributed by atoms with van der Waals surface area (Å²) in [5.74, 6) is 0.166. The zero-order chi connectivity index (χ0) is 25.4. The lowest BCUT2D eigenvalue weighted by molar-refractivity contribution is -0.139. The highest BCUT2D eigenvalue weighted by Crippen LogP contribution is 2.35. The smallest absolute Gasteiger partial charge is 0.338 e. The van der Waals surface area contributed by atoms with Gasteiger partial charge in [0.1, 0.15) is 5.75 Å². The highest BCUT2D eigenvalue weighted by molar-refractivity contribution is 9.10. The normalized spacial score (nSPS) is 15.6. The Bertz CT molecular complexity index is 1710. The fraction of sp³-hybridized carbons (Fsp3) is 0.179. The first-order valence-electron chi connectivity index (χ1n) is 11.4. The van der Waals surface area contributed by atoms with Crippen LogP contribution in [0.2, 0.25) is 0 Å². The molecule has 0 saturated heterocycles. The predicted molar refractivity (Wildman–Crippen MR) is 145 cm³/mol. The SMILES string of the molecule is CCOC(=O)C1=C(C)N=c2s/c(=C/c3cccc4ccccc34)c(=O)n2[C@@H]1c1ccc(OC)c(Br)c1. The Hall–Kier alpha value is -3.49. The first kappa shape index (κ1) is 24.2. The molecule has 5 rings (SSSR count). The number of rotatable bonds is 5. The summed E-state index contributed by atoms with van der Waals surface area (Å²) in [4.78, 5) is 32.1. The van der Waals surface area contributed by atoms with Crippen molar-refractivity contribution < 1.29 is 14.3 Å². The quantitative estimate of drug-likeness (QED) is 0.330. The van der Waals surface area contributed by atoms with Crippen LogP contribution in [0, 0.1) is 0 Å². The standard InChI is InChI=1S/C28H23BrN2O4S/c1-4-35-27(33)24-16(2)30-28-31(25(24)19-12-13-22(34-3)21(29)14-19)26(32)23(36-28)15-18-10-7-9-17-8-5-6-11-20(17)18/h5-15,25H,4H2,1-3H3/b23-15+/t25-/m1/s1. The minimum atomic E-state index is -0.683. The van der Waals surface area contributed by atoms with Crippen LogP contribution in [0.4, 0.5) is 0 Å². The van der Waals surface area contributed by atoms with E-state index >= 15 is 0 Å². The van der Waals surface area contributed by atoms with Gasteiger partial charge in [0.2, 0.25) is 0 Å². The Labute approximate surface area is 220 Å². The number of carbonyl (C=O) groups excluding carboxylic acids is 1. The number of esters is 1. The zero-order valence-corrected chi connectivity index (χ0v) is 22.4. The topological polar surface area (TPSA) is 69.9 Å². The predicted octanol–water partition coefficient (Wildman–Crippen LogP) is 4.72. The van der Waals surface area contributed by atoms with E-state index < -0.39 is 12.0 Å². The number of ether oxygens (including phenoxy) is 2. The molecule has 1 aliphatic heterocycles. The van der Waals surface area contributed by atoms with Gasteiger partial charge in [0.15, 0.2) is 4.80 Å². The van der Waals surface area contributed by atoms with E-state index in [4.69, 9.17) is 9.47 Å². The van der Waals surface area contributed by atoms with Gasteiger partial charge in [-0.2, -0.15) is 0 Å². The van der Waals surface area contributed by atoms with Crippen LogP contribution < -0.4 is 19.6 Å². The maximum absolute atomic E-state index is 13.8. The number of hydrogen-bond acceptors (Lipinski definition) is 6. The highest BCUT2D eigenvalue weighted by Gasteiger charge is 2.33. The van der Waals surface area contributed by atoms with E-state index in [1.807, 2.05) is 66.7 Å². The summed E-state index contributed by atoms with van der Waals surface area (Å²) in [6, 6.07) is 18.9. The fourth-order valence-corrected chi connectivity index (χ4v) is 6.07. The Morgan fingerprint density at radius 1 is 1.17 bits per heavy atom. The van der Waals surface area contributed by atoms with Crippen molar-refractivity contribution in [3.8, 4) is 5.75 Å². The van der Waals surface area contributed by atoms with Gasteiger partial charge in [-0.05, 0) is 69.9 Å². The van der Waals surface area contributed by atoms with Gasteiger partial charge in [0.05, 0.1) is 40.0 Å². The van der Waals surface area contributed by atoms with Crippen LogP contribution in [0.3, 0.4) is 0 Å². The lowest BCUT2D eigenvalue weighted by atomic mass is 9.96. The first-order chi connectivity index (χ1) is 17.4. The molecule has 0 unspecified atom stereocenters. The number of fused-ring (bicyclic) bond motifs is 2. The minimum absolute atomic E-state index is 0.210. The van der Waals surface area contributed by atoms with E-state index in [-0.39, 0.29) is 12.2 Å². The molecule has 0 aliphatic carbocycles. The number of carbonyl (C=O) groups is 1. The lowest BCUT2D eigenvalue weighted by Gasteiger charge is -2.25.